The number of allylic oxidation sites excluding steroid dienone is 2. The Labute approximate surface area is 50.6 Å². The molecule has 2 aliphatic carbocycles. The zero-order valence-electron chi connectivity index (χ0n) is 5.19. The number of hydrogen-bond acceptors (Lipinski definition) is 0. The highest BCUT2D eigenvalue weighted by atomic mass is 14.3. The Hall–Kier alpha value is -0.260. The molecular formula is C8H12. The topological polar surface area (TPSA) is 0 Å². The highest BCUT2D eigenvalue weighted by Gasteiger charge is 2.23. The van der Waals surface area contributed by atoms with E-state index in [0.29, 0.717) is 0 Å². The lowest BCUT2D eigenvalue weighted by Crippen LogP contribution is -2.16. The lowest BCUT2D eigenvalue weighted by atomic mass is 9.75. The lowest BCUT2D eigenvalue weighted by Gasteiger charge is -2.31. The van der Waals surface area contributed by atoms with Crippen LogP contribution in [-0.4, -0.2) is 0 Å². The van der Waals surface area contributed by atoms with Crippen molar-refractivity contribution in [1.82, 2.24) is 0 Å². The monoisotopic (exact) mass is 108 g/mol. The first-order chi connectivity index (χ1) is 3.97. The number of hydrogen-bond donors (Lipinski definition) is 0. The molecule has 44 valence electrons. The molecule has 0 aromatic rings. The smallest absolute Gasteiger partial charge is 0.0169 e. The molecule has 0 N–H and O–H groups in total. The van der Waals surface area contributed by atoms with Gasteiger partial charge in [0.2, 0.25) is 0 Å². The van der Waals surface area contributed by atoms with Crippen molar-refractivity contribution in [2.24, 2.45) is 5.92 Å². The van der Waals surface area contributed by atoms with Gasteiger partial charge in [0.25, 0.3) is 0 Å². The van der Waals surface area contributed by atoms with Crippen LogP contribution in [0.1, 0.15) is 32.1 Å². The fourth-order valence-corrected chi connectivity index (χ4v) is 1.78. The predicted molar refractivity (Wildman–Crippen MR) is 34.7 cm³/mol. The van der Waals surface area contributed by atoms with Crippen molar-refractivity contribution in [3.8, 4) is 0 Å². The van der Waals surface area contributed by atoms with Gasteiger partial charge in [0.15, 0.2) is 0 Å². The molecule has 0 saturated heterocycles. The molecular weight excluding hydrogens is 96.1 g/mol. The van der Waals surface area contributed by atoms with Crippen molar-refractivity contribution in [1.29, 1.82) is 0 Å². The number of fused-ring (bicyclic) bond motifs is 1. The SMILES string of the molecule is C1=C2CCCCC2C1. The van der Waals surface area contributed by atoms with Crippen molar-refractivity contribution in [2.45, 2.75) is 32.1 Å². The summed E-state index contributed by atoms with van der Waals surface area (Å²) < 4.78 is 0. The molecule has 1 atom stereocenters. The molecule has 0 nitrogen and oxygen atoms in total. The van der Waals surface area contributed by atoms with Crippen LogP contribution in [-0.2, 0) is 0 Å². The summed E-state index contributed by atoms with van der Waals surface area (Å²) in [5.41, 5.74) is 1.77. The van der Waals surface area contributed by atoms with Crippen LogP contribution in [0.15, 0.2) is 11.6 Å². The van der Waals surface area contributed by atoms with Crippen LogP contribution in [0.4, 0.5) is 0 Å². The molecule has 2 aliphatic rings. The summed E-state index contributed by atoms with van der Waals surface area (Å²) >= 11 is 0. The summed E-state index contributed by atoms with van der Waals surface area (Å²) in [4.78, 5) is 0. The third kappa shape index (κ3) is 0.521. The Morgan fingerprint density at radius 1 is 1.38 bits per heavy atom. The van der Waals surface area contributed by atoms with Crippen LogP contribution in [0.2, 0.25) is 0 Å². The molecule has 0 bridgehead atoms. The molecule has 1 fully saturated rings. The second kappa shape index (κ2) is 1.61. The fraction of sp³-hybridized carbons (Fsp3) is 0.750. The van der Waals surface area contributed by atoms with Gasteiger partial charge in [-0.25, -0.2) is 0 Å². The lowest BCUT2D eigenvalue weighted by molar-refractivity contribution is 0.417. The van der Waals surface area contributed by atoms with Gasteiger partial charge in [-0.05, 0) is 31.6 Å². The van der Waals surface area contributed by atoms with Gasteiger partial charge in [0, 0.05) is 0 Å². The van der Waals surface area contributed by atoms with Gasteiger partial charge >= 0.3 is 0 Å². The van der Waals surface area contributed by atoms with E-state index in [-0.39, 0.29) is 0 Å². The first kappa shape index (κ1) is 4.60. The molecule has 0 radical (unpaired) electrons. The minimum absolute atomic E-state index is 1.05. The van der Waals surface area contributed by atoms with Gasteiger partial charge < -0.3 is 0 Å². The summed E-state index contributed by atoms with van der Waals surface area (Å²) in [6.45, 7) is 0. The maximum atomic E-state index is 2.42. The quantitative estimate of drug-likeness (QED) is 0.418. The Morgan fingerprint density at radius 3 is 2.75 bits per heavy atom. The van der Waals surface area contributed by atoms with Crippen molar-refractivity contribution in [3.63, 3.8) is 0 Å². The maximum Gasteiger partial charge on any atom is -0.0169 e. The van der Waals surface area contributed by atoms with E-state index in [9.17, 15) is 0 Å². The molecule has 0 spiro atoms. The third-order valence-corrected chi connectivity index (χ3v) is 2.46. The first-order valence-corrected chi connectivity index (χ1v) is 3.66. The van der Waals surface area contributed by atoms with Crippen molar-refractivity contribution >= 4 is 0 Å². The molecule has 0 amide bonds. The summed E-state index contributed by atoms with van der Waals surface area (Å²) in [7, 11) is 0. The zero-order chi connectivity index (χ0) is 5.40. The summed E-state index contributed by atoms with van der Waals surface area (Å²) in [6.07, 6.45) is 9.68. The van der Waals surface area contributed by atoms with Gasteiger partial charge in [-0.2, -0.15) is 0 Å². The van der Waals surface area contributed by atoms with Crippen LogP contribution < -0.4 is 0 Å². The van der Waals surface area contributed by atoms with Gasteiger partial charge in [0.1, 0.15) is 0 Å². The fourth-order valence-electron chi connectivity index (χ4n) is 1.78. The van der Waals surface area contributed by atoms with Crippen molar-refractivity contribution in [3.05, 3.63) is 11.6 Å². The average Bonchev–Trinajstić information content (AvgIpc) is 1.72. The van der Waals surface area contributed by atoms with E-state index < -0.39 is 0 Å². The standard InChI is InChI=1S/C8H12/c1-2-4-8-6-5-7(8)3-1/h5,8H,1-4,6H2. The van der Waals surface area contributed by atoms with E-state index in [4.69, 9.17) is 0 Å². The second-order valence-electron chi connectivity index (χ2n) is 2.96. The average molecular weight is 108 g/mol. The van der Waals surface area contributed by atoms with E-state index in [0.717, 1.165) is 5.92 Å². The van der Waals surface area contributed by atoms with E-state index in [1.165, 1.54) is 32.1 Å². The minimum atomic E-state index is 1.05. The largest absolute Gasteiger partial charge is 0.0844 e. The number of rotatable bonds is 0. The van der Waals surface area contributed by atoms with Gasteiger partial charge in [-0.1, -0.05) is 18.1 Å². The molecule has 2 rings (SSSR count). The highest BCUT2D eigenvalue weighted by molar-refractivity contribution is 5.19. The Kier molecular flexibility index (Phi) is 0.927. The molecule has 0 aromatic heterocycles. The second-order valence-corrected chi connectivity index (χ2v) is 2.96. The van der Waals surface area contributed by atoms with E-state index in [2.05, 4.69) is 6.08 Å². The molecule has 0 heteroatoms. The molecule has 0 aromatic carbocycles. The van der Waals surface area contributed by atoms with Gasteiger partial charge in [-0.3, -0.25) is 0 Å². The summed E-state index contributed by atoms with van der Waals surface area (Å²) in [5, 5.41) is 0. The van der Waals surface area contributed by atoms with Gasteiger partial charge in [0.05, 0.1) is 0 Å². The third-order valence-electron chi connectivity index (χ3n) is 2.46. The van der Waals surface area contributed by atoms with E-state index in [1.807, 2.05) is 0 Å². The predicted octanol–water partition coefficient (Wildman–Crippen LogP) is 2.51. The molecule has 0 heterocycles. The zero-order valence-corrected chi connectivity index (χ0v) is 5.19. The Bertz CT molecular complexity index is 122. The van der Waals surface area contributed by atoms with Gasteiger partial charge in [-0.15, -0.1) is 0 Å². The molecule has 8 heavy (non-hydrogen) atoms. The summed E-state index contributed by atoms with van der Waals surface area (Å²) in [5.74, 6) is 1.05. The molecule has 1 saturated carbocycles. The van der Waals surface area contributed by atoms with Crippen LogP contribution in [0, 0.1) is 5.92 Å². The van der Waals surface area contributed by atoms with Crippen LogP contribution in [0.25, 0.3) is 0 Å². The Morgan fingerprint density at radius 2 is 2.38 bits per heavy atom. The van der Waals surface area contributed by atoms with Crippen LogP contribution >= 0.6 is 0 Å². The van der Waals surface area contributed by atoms with E-state index in [1.54, 1.807) is 5.57 Å². The maximum absolute atomic E-state index is 2.42. The van der Waals surface area contributed by atoms with Crippen molar-refractivity contribution < 1.29 is 0 Å². The normalized spacial score (nSPS) is 35.0. The molecule has 0 aliphatic heterocycles. The summed E-state index contributed by atoms with van der Waals surface area (Å²) in [6, 6.07) is 0. The first-order valence-electron chi connectivity index (χ1n) is 3.66. The minimum Gasteiger partial charge on any atom is -0.0844 e. The van der Waals surface area contributed by atoms with E-state index >= 15 is 0 Å². The van der Waals surface area contributed by atoms with Crippen molar-refractivity contribution in [2.75, 3.05) is 0 Å². The van der Waals surface area contributed by atoms with Crippen LogP contribution in [0.5, 0.6) is 0 Å². The highest BCUT2D eigenvalue weighted by Crippen LogP contribution is 2.38. The molecule has 1 unspecified atom stereocenters. The van der Waals surface area contributed by atoms with Crippen LogP contribution in [0.3, 0.4) is 0 Å². The Balaban J connectivity index is 2.08.